The van der Waals surface area contributed by atoms with Crippen molar-refractivity contribution in [1.29, 1.82) is 0 Å². The van der Waals surface area contributed by atoms with E-state index in [0.29, 0.717) is 17.5 Å². The second kappa shape index (κ2) is 7.28. The monoisotopic (exact) mass is 365 g/mol. The van der Waals surface area contributed by atoms with Gasteiger partial charge in [-0.2, -0.15) is 0 Å². The Kier molecular flexibility index (Phi) is 5.27. The van der Waals surface area contributed by atoms with E-state index in [1.54, 1.807) is 6.20 Å². The first-order valence-corrected chi connectivity index (χ1v) is 9.30. The number of amides is 1. The van der Waals surface area contributed by atoms with Gasteiger partial charge in [-0.1, -0.05) is 18.0 Å². The van der Waals surface area contributed by atoms with E-state index in [1.165, 1.54) is 6.20 Å². The van der Waals surface area contributed by atoms with Crippen LogP contribution < -0.4 is 5.32 Å². The maximum atomic E-state index is 12.9. The van der Waals surface area contributed by atoms with Gasteiger partial charge in [0.15, 0.2) is 5.15 Å². The molecule has 1 N–H and O–H groups in total. The first-order valence-electron chi connectivity index (χ1n) is 8.92. The molecular formula is C18H24ClN3O3. The molecule has 6 nitrogen and oxygen atoms in total. The summed E-state index contributed by atoms with van der Waals surface area (Å²) in [6.07, 6.45) is 8.50. The first kappa shape index (κ1) is 18.1. The van der Waals surface area contributed by atoms with Gasteiger partial charge >= 0.3 is 5.97 Å². The molecule has 3 aliphatic rings. The van der Waals surface area contributed by atoms with Crippen molar-refractivity contribution in [3.63, 3.8) is 0 Å². The van der Waals surface area contributed by atoms with E-state index >= 15 is 0 Å². The Morgan fingerprint density at radius 1 is 1.12 bits per heavy atom. The lowest BCUT2D eigenvalue weighted by Gasteiger charge is -2.40. The summed E-state index contributed by atoms with van der Waals surface area (Å²) in [4.78, 5) is 33.4. The lowest BCUT2D eigenvalue weighted by molar-refractivity contribution is -0.160. The fraction of sp³-hybridized carbons (Fsp3) is 0.667. The maximum Gasteiger partial charge on any atom is 0.312 e. The minimum atomic E-state index is -0.388. The van der Waals surface area contributed by atoms with Crippen LogP contribution in [0.2, 0.25) is 5.15 Å². The Hall–Kier alpha value is -1.69. The first-order chi connectivity index (χ1) is 12.0. The van der Waals surface area contributed by atoms with Gasteiger partial charge in [0.05, 0.1) is 24.3 Å². The predicted molar refractivity (Wildman–Crippen MR) is 92.7 cm³/mol. The number of carbonyl (C=O) groups is 2. The van der Waals surface area contributed by atoms with Gasteiger partial charge < -0.3 is 10.1 Å². The minimum Gasteiger partial charge on any atom is -0.466 e. The van der Waals surface area contributed by atoms with Gasteiger partial charge in [-0.05, 0) is 45.4 Å². The molecule has 4 rings (SSSR count). The molecule has 0 saturated heterocycles. The Morgan fingerprint density at radius 2 is 1.76 bits per heavy atom. The van der Waals surface area contributed by atoms with E-state index in [2.05, 4.69) is 15.3 Å². The van der Waals surface area contributed by atoms with E-state index in [9.17, 15) is 9.59 Å². The van der Waals surface area contributed by atoms with Gasteiger partial charge in [-0.15, -0.1) is 0 Å². The summed E-state index contributed by atoms with van der Waals surface area (Å²) < 4.78 is 5.30. The van der Waals surface area contributed by atoms with Gasteiger partial charge in [0, 0.05) is 17.8 Å². The van der Waals surface area contributed by atoms with Crippen molar-refractivity contribution in [3.05, 3.63) is 23.2 Å². The van der Waals surface area contributed by atoms with E-state index in [-0.39, 0.29) is 29.3 Å². The van der Waals surface area contributed by atoms with Crippen LogP contribution in [-0.2, 0) is 20.9 Å². The SMILES string of the molecule is CCOC(=O)C12CCCC(C(=O)NCc3nccnc3Cl)(CC1)CC2. The highest BCUT2D eigenvalue weighted by molar-refractivity contribution is 6.29. The van der Waals surface area contributed by atoms with Crippen LogP contribution in [0.3, 0.4) is 0 Å². The zero-order valence-electron chi connectivity index (χ0n) is 14.5. The number of nitrogens with one attached hydrogen (secondary N) is 1. The second-order valence-corrected chi connectivity index (χ2v) is 7.47. The van der Waals surface area contributed by atoms with E-state index in [1.807, 2.05) is 6.92 Å². The number of esters is 1. The molecular weight excluding hydrogens is 342 g/mol. The maximum absolute atomic E-state index is 12.9. The third-order valence-corrected chi connectivity index (χ3v) is 6.12. The zero-order valence-corrected chi connectivity index (χ0v) is 15.3. The van der Waals surface area contributed by atoms with Crippen LogP contribution in [-0.4, -0.2) is 28.5 Å². The van der Waals surface area contributed by atoms with Crippen LogP contribution in [0, 0.1) is 10.8 Å². The normalized spacial score (nSPS) is 28.2. The van der Waals surface area contributed by atoms with Crippen molar-refractivity contribution in [3.8, 4) is 0 Å². The Morgan fingerprint density at radius 3 is 2.44 bits per heavy atom. The molecule has 0 radical (unpaired) electrons. The molecule has 3 aliphatic carbocycles. The van der Waals surface area contributed by atoms with E-state index in [0.717, 1.165) is 44.9 Å². The van der Waals surface area contributed by atoms with Crippen molar-refractivity contribution in [2.45, 2.75) is 58.4 Å². The molecule has 1 amide bonds. The molecule has 1 heterocycles. The summed E-state index contributed by atoms with van der Waals surface area (Å²) in [5.74, 6) is -0.0502. The molecule has 7 heteroatoms. The number of hydrogen-bond donors (Lipinski definition) is 1. The molecule has 3 saturated carbocycles. The van der Waals surface area contributed by atoms with Gasteiger partial charge in [0.1, 0.15) is 0 Å². The fourth-order valence-corrected chi connectivity index (χ4v) is 4.40. The number of halogens is 1. The summed E-state index contributed by atoms with van der Waals surface area (Å²) in [5, 5.41) is 3.29. The number of ether oxygens (including phenoxy) is 1. The van der Waals surface area contributed by atoms with E-state index < -0.39 is 0 Å². The summed E-state index contributed by atoms with van der Waals surface area (Å²) in [5.41, 5.74) is -0.203. The standard InChI is InChI=1S/C18H24ClN3O3/c1-2-25-16(24)18-5-3-4-17(6-8-18,7-9-18)15(23)22-12-13-14(19)21-11-10-20-13/h10-11H,2-9,12H2,1H3,(H,22,23). The molecule has 2 bridgehead atoms. The van der Waals surface area contributed by atoms with Crippen molar-refractivity contribution >= 4 is 23.5 Å². The van der Waals surface area contributed by atoms with Crippen molar-refractivity contribution < 1.29 is 14.3 Å². The van der Waals surface area contributed by atoms with Gasteiger partial charge in [-0.25, -0.2) is 4.98 Å². The van der Waals surface area contributed by atoms with Crippen molar-refractivity contribution in [2.24, 2.45) is 10.8 Å². The molecule has 1 aromatic rings. The van der Waals surface area contributed by atoms with E-state index in [4.69, 9.17) is 16.3 Å². The quantitative estimate of drug-likeness (QED) is 0.811. The summed E-state index contributed by atoms with van der Waals surface area (Å²) >= 11 is 6.00. The Balaban J connectivity index is 1.66. The molecule has 0 atom stereocenters. The number of nitrogens with zero attached hydrogens (tertiary/aromatic N) is 2. The highest BCUT2D eigenvalue weighted by Gasteiger charge is 2.53. The molecule has 3 fully saturated rings. The minimum absolute atomic E-state index is 0.0357. The number of fused-ring (bicyclic) bond motifs is 4. The Labute approximate surface area is 152 Å². The fourth-order valence-electron chi connectivity index (χ4n) is 4.22. The summed E-state index contributed by atoms with van der Waals surface area (Å²) in [6, 6.07) is 0. The van der Waals surface area contributed by atoms with Crippen LogP contribution in [0.25, 0.3) is 0 Å². The average molecular weight is 366 g/mol. The van der Waals surface area contributed by atoms with Crippen LogP contribution >= 0.6 is 11.6 Å². The van der Waals surface area contributed by atoms with Gasteiger partial charge in [0.25, 0.3) is 0 Å². The second-order valence-electron chi connectivity index (χ2n) is 7.11. The van der Waals surface area contributed by atoms with Crippen molar-refractivity contribution in [2.75, 3.05) is 6.61 Å². The third-order valence-electron chi connectivity index (χ3n) is 5.80. The molecule has 0 spiro atoms. The highest BCUT2D eigenvalue weighted by atomic mass is 35.5. The van der Waals surface area contributed by atoms with Crippen molar-refractivity contribution in [1.82, 2.24) is 15.3 Å². The molecule has 0 unspecified atom stereocenters. The lowest BCUT2D eigenvalue weighted by atomic mass is 9.64. The number of rotatable bonds is 5. The molecule has 0 aliphatic heterocycles. The Bertz CT molecular complexity index is 657. The van der Waals surface area contributed by atoms with Gasteiger partial charge in [0.2, 0.25) is 5.91 Å². The van der Waals surface area contributed by atoms with Gasteiger partial charge in [-0.3, -0.25) is 14.6 Å². The average Bonchev–Trinajstić information content (AvgIpc) is 2.93. The summed E-state index contributed by atoms with van der Waals surface area (Å²) in [7, 11) is 0. The number of carbonyl (C=O) groups excluding carboxylic acids is 2. The smallest absolute Gasteiger partial charge is 0.312 e. The molecule has 1 aromatic heterocycles. The van der Waals surface area contributed by atoms with Crippen LogP contribution in [0.4, 0.5) is 0 Å². The molecule has 0 aromatic carbocycles. The topological polar surface area (TPSA) is 81.2 Å². The lowest BCUT2D eigenvalue weighted by Crippen LogP contribution is -2.45. The van der Waals surface area contributed by atoms with Crippen LogP contribution in [0.15, 0.2) is 12.4 Å². The zero-order chi connectivity index (χ0) is 17.9. The molecule has 136 valence electrons. The summed E-state index contributed by atoms with van der Waals surface area (Å²) in [6.45, 7) is 2.52. The number of hydrogen-bond acceptors (Lipinski definition) is 5. The highest BCUT2D eigenvalue weighted by Crippen LogP contribution is 2.54. The van der Waals surface area contributed by atoms with Crippen LogP contribution in [0.1, 0.15) is 57.6 Å². The third kappa shape index (κ3) is 3.50. The number of aromatic nitrogens is 2. The largest absolute Gasteiger partial charge is 0.466 e. The predicted octanol–water partition coefficient (Wildman–Crippen LogP) is 3.04. The van der Waals surface area contributed by atoms with Crippen LogP contribution in [0.5, 0.6) is 0 Å². The molecule has 25 heavy (non-hydrogen) atoms.